The monoisotopic (exact) mass is 238 g/mol. The van der Waals surface area contributed by atoms with Crippen molar-refractivity contribution in [3.05, 3.63) is 16.6 Å². The molecule has 2 rings (SSSR count). The molecular formula is C10H10N2O3S. The van der Waals surface area contributed by atoms with Crippen molar-refractivity contribution in [2.75, 3.05) is 0 Å². The lowest BCUT2D eigenvalue weighted by Crippen LogP contribution is -2.10. The van der Waals surface area contributed by atoms with Gasteiger partial charge in [0.2, 0.25) is 0 Å². The first kappa shape index (κ1) is 10.8. The number of fused-ring (bicyclic) bond motifs is 1. The van der Waals surface area contributed by atoms with E-state index in [1.165, 1.54) is 22.9 Å². The van der Waals surface area contributed by atoms with Crippen LogP contribution in [0.5, 0.6) is 0 Å². The van der Waals surface area contributed by atoms with E-state index in [1.807, 2.05) is 13.0 Å². The predicted octanol–water partition coefficient (Wildman–Crippen LogP) is 1.69. The number of aliphatic carboxylic acids is 1. The number of carboxylic acids is 1. The molecule has 0 spiro atoms. The van der Waals surface area contributed by atoms with Crippen LogP contribution in [0.3, 0.4) is 0 Å². The Hall–Kier alpha value is -1.69. The molecule has 0 saturated heterocycles. The number of carboxylic acid groups (broad SMARTS) is 1. The Morgan fingerprint density at radius 2 is 2.25 bits per heavy atom. The van der Waals surface area contributed by atoms with E-state index >= 15 is 0 Å². The van der Waals surface area contributed by atoms with E-state index in [1.54, 1.807) is 0 Å². The van der Waals surface area contributed by atoms with Gasteiger partial charge in [0.1, 0.15) is 12.2 Å². The second-order valence-corrected chi connectivity index (χ2v) is 4.78. The van der Waals surface area contributed by atoms with Crippen LogP contribution < -0.4 is 0 Å². The van der Waals surface area contributed by atoms with Crippen LogP contribution in [-0.2, 0) is 11.3 Å². The number of hydrogen-bond acceptors (Lipinski definition) is 4. The van der Waals surface area contributed by atoms with Gasteiger partial charge < -0.3 is 5.11 Å². The largest absolute Gasteiger partial charge is 0.480 e. The van der Waals surface area contributed by atoms with Gasteiger partial charge in [-0.2, -0.15) is 5.10 Å². The lowest BCUT2D eigenvalue weighted by atomic mass is 10.3. The van der Waals surface area contributed by atoms with E-state index in [-0.39, 0.29) is 12.3 Å². The van der Waals surface area contributed by atoms with Gasteiger partial charge in [-0.05, 0) is 13.0 Å². The molecule has 0 unspecified atom stereocenters. The van der Waals surface area contributed by atoms with Crippen molar-refractivity contribution < 1.29 is 14.7 Å². The number of rotatable bonds is 3. The molecule has 5 nitrogen and oxygen atoms in total. The second-order valence-electron chi connectivity index (χ2n) is 3.53. The maximum atomic E-state index is 11.4. The maximum Gasteiger partial charge on any atom is 0.325 e. The smallest absolute Gasteiger partial charge is 0.325 e. The van der Waals surface area contributed by atoms with E-state index in [4.69, 9.17) is 5.11 Å². The van der Waals surface area contributed by atoms with Gasteiger partial charge in [-0.3, -0.25) is 14.3 Å². The summed E-state index contributed by atoms with van der Waals surface area (Å²) in [6.07, 6.45) is 0. The molecule has 0 aromatic carbocycles. The molecule has 84 valence electrons. The number of carbonyl (C=O) groups excluding carboxylic acids is 1. The number of thiophene rings is 1. The summed E-state index contributed by atoms with van der Waals surface area (Å²) in [4.78, 5) is 23.0. The topological polar surface area (TPSA) is 72.2 Å². The van der Waals surface area contributed by atoms with Crippen molar-refractivity contribution in [2.24, 2.45) is 0 Å². The normalized spacial score (nSPS) is 10.9. The van der Waals surface area contributed by atoms with E-state index in [9.17, 15) is 9.59 Å². The minimum atomic E-state index is -0.969. The van der Waals surface area contributed by atoms with Crippen LogP contribution in [0.25, 0.3) is 10.2 Å². The van der Waals surface area contributed by atoms with E-state index in [2.05, 4.69) is 5.10 Å². The molecule has 2 heterocycles. The standard InChI is InChI=1S/C10H10N2O3S/c1-5-3-7-10(16-5)9(6(2)13)11-12(7)4-8(14)15/h3H,4H2,1-2H3,(H,14,15). The average Bonchev–Trinajstić information content (AvgIpc) is 2.64. The molecule has 0 saturated carbocycles. The number of nitrogens with zero attached hydrogens (tertiary/aromatic N) is 2. The van der Waals surface area contributed by atoms with E-state index < -0.39 is 5.97 Å². The predicted molar refractivity (Wildman–Crippen MR) is 60.0 cm³/mol. The average molecular weight is 238 g/mol. The molecule has 2 aromatic rings. The molecular weight excluding hydrogens is 228 g/mol. The summed E-state index contributed by atoms with van der Waals surface area (Å²) in [5, 5.41) is 12.8. The zero-order valence-corrected chi connectivity index (χ0v) is 9.67. The van der Waals surface area contributed by atoms with Crippen molar-refractivity contribution in [3.63, 3.8) is 0 Å². The highest BCUT2D eigenvalue weighted by atomic mass is 32.1. The van der Waals surface area contributed by atoms with Crippen LogP contribution in [0.4, 0.5) is 0 Å². The van der Waals surface area contributed by atoms with Gasteiger partial charge in [0.15, 0.2) is 5.78 Å². The quantitative estimate of drug-likeness (QED) is 0.826. The van der Waals surface area contributed by atoms with Gasteiger partial charge in [0.05, 0.1) is 10.2 Å². The van der Waals surface area contributed by atoms with Crippen molar-refractivity contribution in [3.8, 4) is 0 Å². The Morgan fingerprint density at radius 1 is 1.56 bits per heavy atom. The molecule has 6 heteroatoms. The third-order valence-corrected chi connectivity index (χ3v) is 3.21. The summed E-state index contributed by atoms with van der Waals surface area (Å²) in [5.74, 6) is -1.11. The molecule has 0 radical (unpaired) electrons. The molecule has 0 bridgehead atoms. The summed E-state index contributed by atoms with van der Waals surface area (Å²) in [6, 6.07) is 1.85. The first-order valence-corrected chi connectivity index (χ1v) is 5.50. The van der Waals surface area contributed by atoms with Crippen molar-refractivity contribution in [1.82, 2.24) is 9.78 Å². The molecule has 1 N–H and O–H groups in total. The molecule has 2 aromatic heterocycles. The van der Waals surface area contributed by atoms with Gasteiger partial charge in [-0.15, -0.1) is 11.3 Å². The second kappa shape index (κ2) is 3.71. The SMILES string of the molecule is CC(=O)c1nn(CC(=O)O)c2cc(C)sc12. The Labute approximate surface area is 95.3 Å². The van der Waals surface area contributed by atoms with Gasteiger partial charge in [-0.1, -0.05) is 0 Å². The molecule has 0 aliphatic rings. The summed E-state index contributed by atoms with van der Waals surface area (Å²) in [5.41, 5.74) is 1.07. The Kier molecular flexibility index (Phi) is 2.51. The van der Waals surface area contributed by atoms with Gasteiger partial charge >= 0.3 is 5.97 Å². The van der Waals surface area contributed by atoms with Gasteiger partial charge in [0, 0.05) is 11.8 Å². The van der Waals surface area contributed by atoms with Crippen molar-refractivity contribution in [2.45, 2.75) is 20.4 Å². The lowest BCUT2D eigenvalue weighted by molar-refractivity contribution is -0.137. The number of ketones is 1. The number of Topliss-reactive ketones (excluding diaryl/α,β-unsaturated/α-hetero) is 1. The van der Waals surface area contributed by atoms with Crippen LogP contribution in [0.1, 0.15) is 22.3 Å². The van der Waals surface area contributed by atoms with Crippen LogP contribution in [0.2, 0.25) is 0 Å². The fraction of sp³-hybridized carbons (Fsp3) is 0.300. The maximum absolute atomic E-state index is 11.4. The number of hydrogen-bond donors (Lipinski definition) is 1. The zero-order valence-electron chi connectivity index (χ0n) is 8.85. The summed E-state index contributed by atoms with van der Waals surface area (Å²) >= 11 is 1.46. The molecule has 0 aliphatic heterocycles. The molecule has 0 amide bonds. The van der Waals surface area contributed by atoms with Crippen LogP contribution in [0, 0.1) is 6.92 Å². The first-order chi connectivity index (χ1) is 7.49. The Morgan fingerprint density at radius 3 is 2.81 bits per heavy atom. The van der Waals surface area contributed by atoms with Gasteiger partial charge in [-0.25, -0.2) is 0 Å². The molecule has 0 aliphatic carbocycles. The molecule has 0 atom stereocenters. The van der Waals surface area contributed by atoms with Gasteiger partial charge in [0.25, 0.3) is 0 Å². The Bertz CT molecular complexity index is 582. The fourth-order valence-electron chi connectivity index (χ4n) is 1.56. The number of aryl methyl sites for hydroxylation is 1. The fourth-order valence-corrected chi connectivity index (χ4v) is 2.60. The third-order valence-electron chi connectivity index (χ3n) is 2.17. The van der Waals surface area contributed by atoms with E-state index in [0.717, 1.165) is 15.1 Å². The van der Waals surface area contributed by atoms with E-state index in [0.29, 0.717) is 5.69 Å². The lowest BCUT2D eigenvalue weighted by Gasteiger charge is -1.95. The Balaban J connectivity index is 2.65. The van der Waals surface area contributed by atoms with Crippen LogP contribution in [0.15, 0.2) is 6.07 Å². The van der Waals surface area contributed by atoms with Crippen molar-refractivity contribution in [1.29, 1.82) is 0 Å². The molecule has 16 heavy (non-hydrogen) atoms. The number of carbonyl (C=O) groups is 2. The van der Waals surface area contributed by atoms with Crippen LogP contribution >= 0.6 is 11.3 Å². The summed E-state index contributed by atoms with van der Waals surface area (Å²) < 4.78 is 2.13. The minimum Gasteiger partial charge on any atom is -0.480 e. The zero-order chi connectivity index (χ0) is 11.9. The highest BCUT2D eigenvalue weighted by molar-refractivity contribution is 7.19. The highest BCUT2D eigenvalue weighted by Crippen LogP contribution is 2.28. The first-order valence-electron chi connectivity index (χ1n) is 4.68. The summed E-state index contributed by atoms with van der Waals surface area (Å²) in [7, 11) is 0. The minimum absolute atomic E-state index is 0.143. The van der Waals surface area contributed by atoms with Crippen molar-refractivity contribution >= 4 is 33.3 Å². The highest BCUT2D eigenvalue weighted by Gasteiger charge is 2.17. The van der Waals surface area contributed by atoms with Crippen LogP contribution in [-0.4, -0.2) is 26.6 Å². The number of aromatic nitrogens is 2. The molecule has 0 fully saturated rings. The third kappa shape index (κ3) is 1.71. The summed E-state index contributed by atoms with van der Waals surface area (Å²) in [6.45, 7) is 3.13.